The first-order chi connectivity index (χ1) is 9.19. The van der Waals surface area contributed by atoms with Crippen molar-refractivity contribution in [1.29, 1.82) is 0 Å². The largest absolute Gasteiger partial charge is 0.395 e. The van der Waals surface area contributed by atoms with E-state index in [1.54, 1.807) is 6.07 Å². The Morgan fingerprint density at radius 2 is 2.16 bits per heavy atom. The van der Waals surface area contributed by atoms with Crippen molar-refractivity contribution in [2.24, 2.45) is 0 Å². The lowest BCUT2D eigenvalue weighted by Crippen LogP contribution is -2.38. The van der Waals surface area contributed by atoms with Crippen LogP contribution in [0.2, 0.25) is 0 Å². The predicted molar refractivity (Wildman–Crippen MR) is 75.6 cm³/mol. The first kappa shape index (κ1) is 14.1. The Morgan fingerprint density at radius 3 is 2.68 bits per heavy atom. The van der Waals surface area contributed by atoms with Crippen molar-refractivity contribution >= 4 is 5.82 Å². The highest BCUT2D eigenvalue weighted by Crippen LogP contribution is 2.38. The third-order valence-electron chi connectivity index (χ3n) is 3.73. The molecule has 2 N–H and O–H groups in total. The van der Waals surface area contributed by atoms with Gasteiger partial charge in [-0.25, -0.2) is 4.98 Å². The second-order valence-corrected chi connectivity index (χ2v) is 5.15. The molecule has 1 aliphatic rings. The fraction of sp³-hybridized carbons (Fsp3) is 0.714. The predicted octanol–water partition coefficient (Wildman–Crippen LogP) is 1.63. The number of hydrogen-bond acceptors (Lipinski definition) is 4. The molecule has 0 aromatic carbocycles. The number of anilines is 1. The SMILES string of the molecule is CCC(CC)N(CCO)c1cc(=O)[nH]c(C2CC2)n1. The summed E-state index contributed by atoms with van der Waals surface area (Å²) < 4.78 is 0. The zero-order chi connectivity index (χ0) is 13.8. The molecule has 0 amide bonds. The summed E-state index contributed by atoms with van der Waals surface area (Å²) in [5, 5.41) is 9.24. The highest BCUT2D eigenvalue weighted by atomic mass is 16.3. The molecule has 0 atom stereocenters. The Morgan fingerprint density at radius 1 is 1.47 bits per heavy atom. The van der Waals surface area contributed by atoms with Crippen molar-refractivity contribution in [1.82, 2.24) is 9.97 Å². The molecule has 0 bridgehead atoms. The normalized spacial score (nSPS) is 14.9. The van der Waals surface area contributed by atoms with E-state index in [-0.39, 0.29) is 12.2 Å². The molecule has 106 valence electrons. The quantitative estimate of drug-likeness (QED) is 0.786. The number of aliphatic hydroxyl groups excluding tert-OH is 1. The lowest BCUT2D eigenvalue weighted by Gasteiger charge is -2.31. The summed E-state index contributed by atoms with van der Waals surface area (Å²) in [5.74, 6) is 1.93. The fourth-order valence-corrected chi connectivity index (χ4v) is 2.48. The molecule has 1 aromatic rings. The Bertz CT molecular complexity index is 464. The average Bonchev–Trinajstić information content (AvgIpc) is 3.22. The minimum atomic E-state index is -0.0965. The lowest BCUT2D eigenvalue weighted by molar-refractivity contribution is 0.295. The van der Waals surface area contributed by atoms with Gasteiger partial charge in [0.1, 0.15) is 11.6 Å². The average molecular weight is 265 g/mol. The molecule has 0 saturated heterocycles. The van der Waals surface area contributed by atoms with Crippen LogP contribution in [0.3, 0.4) is 0 Å². The number of rotatable bonds is 7. The standard InChI is InChI=1S/C14H23N3O2/c1-3-11(4-2)17(7-8-18)12-9-13(19)16-14(15-12)10-5-6-10/h9-11,18H,3-8H2,1-2H3,(H,15,16,19). The van der Waals surface area contributed by atoms with Crippen LogP contribution in [0.1, 0.15) is 51.3 Å². The van der Waals surface area contributed by atoms with Crippen LogP contribution in [0.15, 0.2) is 10.9 Å². The number of H-pyrrole nitrogens is 1. The van der Waals surface area contributed by atoms with E-state index in [0.717, 1.165) is 31.5 Å². The van der Waals surface area contributed by atoms with Crippen LogP contribution in [-0.2, 0) is 0 Å². The van der Waals surface area contributed by atoms with Crippen LogP contribution in [0, 0.1) is 0 Å². The lowest BCUT2D eigenvalue weighted by atomic mass is 10.1. The smallest absolute Gasteiger partial charge is 0.252 e. The van der Waals surface area contributed by atoms with Gasteiger partial charge in [-0.1, -0.05) is 13.8 Å². The summed E-state index contributed by atoms with van der Waals surface area (Å²) >= 11 is 0. The van der Waals surface area contributed by atoms with E-state index >= 15 is 0 Å². The Hall–Kier alpha value is -1.36. The molecule has 19 heavy (non-hydrogen) atoms. The van der Waals surface area contributed by atoms with E-state index in [1.165, 1.54) is 0 Å². The molecule has 1 aliphatic carbocycles. The molecule has 0 spiro atoms. The van der Waals surface area contributed by atoms with Crippen LogP contribution in [0.5, 0.6) is 0 Å². The zero-order valence-electron chi connectivity index (χ0n) is 11.7. The van der Waals surface area contributed by atoms with Crippen molar-refractivity contribution < 1.29 is 5.11 Å². The summed E-state index contributed by atoms with van der Waals surface area (Å²) in [4.78, 5) is 21.2. The topological polar surface area (TPSA) is 69.2 Å². The van der Waals surface area contributed by atoms with Gasteiger partial charge in [-0.15, -0.1) is 0 Å². The first-order valence-corrected chi connectivity index (χ1v) is 7.18. The highest BCUT2D eigenvalue weighted by molar-refractivity contribution is 5.39. The molecular weight excluding hydrogens is 242 g/mol. The fourth-order valence-electron chi connectivity index (χ4n) is 2.48. The number of nitrogens with one attached hydrogen (secondary N) is 1. The Kier molecular flexibility index (Phi) is 4.58. The number of aromatic amines is 1. The van der Waals surface area contributed by atoms with Gasteiger partial charge in [0, 0.05) is 24.6 Å². The maximum absolute atomic E-state index is 11.8. The molecule has 0 radical (unpaired) electrons. The highest BCUT2D eigenvalue weighted by Gasteiger charge is 2.27. The first-order valence-electron chi connectivity index (χ1n) is 7.18. The van der Waals surface area contributed by atoms with Gasteiger partial charge in [0.15, 0.2) is 0 Å². The molecular formula is C14H23N3O2. The minimum Gasteiger partial charge on any atom is -0.395 e. The third-order valence-corrected chi connectivity index (χ3v) is 3.73. The van der Waals surface area contributed by atoms with Crippen molar-refractivity contribution in [3.8, 4) is 0 Å². The van der Waals surface area contributed by atoms with E-state index in [2.05, 4.69) is 28.7 Å². The van der Waals surface area contributed by atoms with Crippen LogP contribution in [0.25, 0.3) is 0 Å². The van der Waals surface area contributed by atoms with Gasteiger partial charge in [-0.3, -0.25) is 4.79 Å². The zero-order valence-corrected chi connectivity index (χ0v) is 11.7. The van der Waals surface area contributed by atoms with Crippen molar-refractivity contribution in [2.45, 2.75) is 51.5 Å². The molecule has 1 aromatic heterocycles. The summed E-state index contributed by atoms with van der Waals surface area (Å²) in [6, 6.07) is 1.85. The second-order valence-electron chi connectivity index (χ2n) is 5.15. The molecule has 1 saturated carbocycles. The molecule has 2 rings (SSSR count). The van der Waals surface area contributed by atoms with Crippen LogP contribution in [0.4, 0.5) is 5.82 Å². The van der Waals surface area contributed by atoms with Crippen molar-refractivity contribution in [3.63, 3.8) is 0 Å². The number of nitrogens with zero attached hydrogens (tertiary/aromatic N) is 2. The minimum absolute atomic E-state index is 0.0732. The van der Waals surface area contributed by atoms with Gasteiger partial charge >= 0.3 is 0 Å². The summed E-state index contributed by atoms with van der Waals surface area (Å²) in [5.41, 5.74) is -0.0965. The molecule has 5 heteroatoms. The Labute approximate surface area is 113 Å². The number of aliphatic hydroxyl groups is 1. The Balaban J connectivity index is 2.31. The van der Waals surface area contributed by atoms with Gasteiger partial charge in [-0.05, 0) is 25.7 Å². The van der Waals surface area contributed by atoms with Crippen LogP contribution < -0.4 is 10.5 Å². The number of hydrogen-bond donors (Lipinski definition) is 2. The summed E-state index contributed by atoms with van der Waals surface area (Å²) in [6.45, 7) is 4.83. The maximum atomic E-state index is 11.8. The van der Waals surface area contributed by atoms with E-state index in [0.29, 0.717) is 24.3 Å². The van der Waals surface area contributed by atoms with E-state index < -0.39 is 0 Å². The third kappa shape index (κ3) is 3.35. The summed E-state index contributed by atoms with van der Waals surface area (Å²) in [7, 11) is 0. The van der Waals surface area contributed by atoms with Crippen molar-refractivity contribution in [3.05, 3.63) is 22.2 Å². The van der Waals surface area contributed by atoms with E-state index in [4.69, 9.17) is 0 Å². The number of aromatic nitrogens is 2. The van der Waals surface area contributed by atoms with E-state index in [1.807, 2.05) is 0 Å². The van der Waals surface area contributed by atoms with Crippen molar-refractivity contribution in [2.75, 3.05) is 18.1 Å². The monoisotopic (exact) mass is 265 g/mol. The van der Waals surface area contributed by atoms with Gasteiger partial charge in [0.05, 0.1) is 6.61 Å². The maximum Gasteiger partial charge on any atom is 0.252 e. The molecule has 0 unspecified atom stereocenters. The van der Waals surface area contributed by atoms with Gasteiger partial charge < -0.3 is 15.0 Å². The van der Waals surface area contributed by atoms with Gasteiger partial charge in [0.25, 0.3) is 5.56 Å². The van der Waals surface area contributed by atoms with Gasteiger partial charge in [0.2, 0.25) is 0 Å². The summed E-state index contributed by atoms with van der Waals surface area (Å²) in [6.07, 6.45) is 4.17. The van der Waals surface area contributed by atoms with Crippen LogP contribution >= 0.6 is 0 Å². The molecule has 1 heterocycles. The molecule has 5 nitrogen and oxygen atoms in total. The van der Waals surface area contributed by atoms with E-state index in [9.17, 15) is 9.90 Å². The van der Waals surface area contributed by atoms with Crippen LogP contribution in [-0.4, -0.2) is 34.3 Å². The van der Waals surface area contributed by atoms with Gasteiger partial charge in [-0.2, -0.15) is 0 Å². The molecule has 0 aliphatic heterocycles. The molecule has 1 fully saturated rings. The second kappa shape index (κ2) is 6.19.